The summed E-state index contributed by atoms with van der Waals surface area (Å²) >= 11 is 0. The Morgan fingerprint density at radius 1 is 1.44 bits per heavy atom. The van der Waals surface area contributed by atoms with Crippen LogP contribution in [0.3, 0.4) is 0 Å². The summed E-state index contributed by atoms with van der Waals surface area (Å²) in [7, 11) is 0. The third kappa shape index (κ3) is 4.01. The molecule has 84 valence electrons. The van der Waals surface area contributed by atoms with E-state index in [9.17, 15) is 9.59 Å². The SMILES string of the molecule is C#CCCCCNC(=O)c1cccc(=O)[nH]1. The molecular formula is C12H14N2O2. The van der Waals surface area contributed by atoms with Crippen LogP contribution in [-0.2, 0) is 0 Å². The van der Waals surface area contributed by atoms with Gasteiger partial charge in [-0.3, -0.25) is 9.59 Å². The van der Waals surface area contributed by atoms with E-state index in [0.29, 0.717) is 6.54 Å². The van der Waals surface area contributed by atoms with Crippen LogP contribution in [0.15, 0.2) is 23.0 Å². The minimum Gasteiger partial charge on any atom is -0.351 e. The molecule has 16 heavy (non-hydrogen) atoms. The van der Waals surface area contributed by atoms with Gasteiger partial charge in [-0.1, -0.05) is 6.07 Å². The molecule has 1 heterocycles. The van der Waals surface area contributed by atoms with Crippen LogP contribution < -0.4 is 10.9 Å². The molecule has 1 amide bonds. The van der Waals surface area contributed by atoms with Crippen LogP contribution in [0.1, 0.15) is 29.8 Å². The van der Waals surface area contributed by atoms with Crippen molar-refractivity contribution in [3.8, 4) is 12.3 Å². The zero-order valence-electron chi connectivity index (χ0n) is 8.95. The molecule has 0 aliphatic carbocycles. The third-order valence-electron chi connectivity index (χ3n) is 2.05. The molecule has 1 aromatic rings. The molecule has 0 aliphatic heterocycles. The van der Waals surface area contributed by atoms with Gasteiger partial charge in [0.15, 0.2) is 0 Å². The van der Waals surface area contributed by atoms with E-state index >= 15 is 0 Å². The van der Waals surface area contributed by atoms with Crippen molar-refractivity contribution in [1.82, 2.24) is 10.3 Å². The Hall–Kier alpha value is -2.02. The van der Waals surface area contributed by atoms with Crippen LogP contribution in [0.25, 0.3) is 0 Å². The van der Waals surface area contributed by atoms with Crippen molar-refractivity contribution in [3.05, 3.63) is 34.2 Å². The highest BCUT2D eigenvalue weighted by atomic mass is 16.2. The van der Waals surface area contributed by atoms with E-state index in [4.69, 9.17) is 6.42 Å². The van der Waals surface area contributed by atoms with E-state index in [1.54, 1.807) is 12.1 Å². The number of H-pyrrole nitrogens is 1. The van der Waals surface area contributed by atoms with Gasteiger partial charge in [0, 0.05) is 19.0 Å². The Kier molecular flexibility index (Phi) is 4.87. The predicted octanol–water partition coefficient (Wildman–Crippen LogP) is 0.908. The van der Waals surface area contributed by atoms with Gasteiger partial charge < -0.3 is 10.3 Å². The summed E-state index contributed by atoms with van der Waals surface area (Å²) in [4.78, 5) is 24.9. The maximum atomic E-state index is 11.5. The highest BCUT2D eigenvalue weighted by Crippen LogP contribution is 1.93. The molecule has 0 saturated carbocycles. The molecule has 2 N–H and O–H groups in total. The first-order valence-electron chi connectivity index (χ1n) is 5.15. The lowest BCUT2D eigenvalue weighted by molar-refractivity contribution is 0.0948. The van der Waals surface area contributed by atoms with E-state index in [-0.39, 0.29) is 17.2 Å². The molecule has 0 bridgehead atoms. The fourth-order valence-electron chi connectivity index (χ4n) is 1.23. The van der Waals surface area contributed by atoms with Crippen molar-refractivity contribution in [2.24, 2.45) is 0 Å². The minimum atomic E-state index is -0.278. The Morgan fingerprint density at radius 2 is 2.25 bits per heavy atom. The Bertz CT molecular complexity index is 443. The largest absolute Gasteiger partial charge is 0.351 e. The number of carbonyl (C=O) groups excluding carboxylic acids is 1. The molecule has 0 aromatic carbocycles. The maximum absolute atomic E-state index is 11.5. The molecule has 0 saturated heterocycles. The molecule has 0 radical (unpaired) electrons. The first-order chi connectivity index (χ1) is 7.74. The van der Waals surface area contributed by atoms with Crippen molar-refractivity contribution < 1.29 is 4.79 Å². The molecule has 1 rings (SSSR count). The summed E-state index contributed by atoms with van der Waals surface area (Å²) in [5.74, 6) is 2.27. The number of hydrogen-bond acceptors (Lipinski definition) is 2. The number of hydrogen-bond donors (Lipinski definition) is 2. The van der Waals surface area contributed by atoms with Gasteiger partial charge in [0.25, 0.3) is 5.91 Å². The van der Waals surface area contributed by atoms with Crippen molar-refractivity contribution in [2.75, 3.05) is 6.54 Å². The van der Waals surface area contributed by atoms with Crippen LogP contribution in [0.4, 0.5) is 0 Å². The fraction of sp³-hybridized carbons (Fsp3) is 0.333. The van der Waals surface area contributed by atoms with Gasteiger partial charge in [0.05, 0.1) is 0 Å². The average molecular weight is 218 g/mol. The van der Waals surface area contributed by atoms with Crippen LogP contribution in [0.2, 0.25) is 0 Å². The number of rotatable bonds is 5. The minimum absolute atomic E-state index is 0.265. The number of nitrogens with one attached hydrogen (secondary N) is 2. The lowest BCUT2D eigenvalue weighted by atomic mass is 10.2. The van der Waals surface area contributed by atoms with E-state index in [2.05, 4.69) is 16.2 Å². The van der Waals surface area contributed by atoms with Crippen molar-refractivity contribution in [1.29, 1.82) is 0 Å². The number of unbranched alkanes of at least 4 members (excludes halogenated alkanes) is 2. The smallest absolute Gasteiger partial charge is 0.267 e. The van der Waals surface area contributed by atoms with Gasteiger partial charge >= 0.3 is 0 Å². The summed E-state index contributed by atoms with van der Waals surface area (Å²) in [5, 5.41) is 2.71. The summed E-state index contributed by atoms with van der Waals surface area (Å²) < 4.78 is 0. The fourth-order valence-corrected chi connectivity index (χ4v) is 1.23. The first-order valence-corrected chi connectivity index (χ1v) is 5.15. The van der Waals surface area contributed by atoms with E-state index in [1.165, 1.54) is 6.07 Å². The lowest BCUT2D eigenvalue weighted by Gasteiger charge is -2.03. The number of aromatic nitrogens is 1. The van der Waals surface area contributed by atoms with Gasteiger partial charge in [-0.2, -0.15) is 0 Å². The van der Waals surface area contributed by atoms with Crippen LogP contribution >= 0.6 is 0 Å². The second-order valence-electron chi connectivity index (χ2n) is 3.35. The molecule has 0 unspecified atom stereocenters. The first kappa shape index (κ1) is 12.1. The lowest BCUT2D eigenvalue weighted by Crippen LogP contribution is -2.26. The zero-order chi connectivity index (χ0) is 11.8. The number of amides is 1. The van der Waals surface area contributed by atoms with E-state index in [1.807, 2.05) is 0 Å². The van der Waals surface area contributed by atoms with Crippen molar-refractivity contribution in [2.45, 2.75) is 19.3 Å². The maximum Gasteiger partial charge on any atom is 0.267 e. The quantitative estimate of drug-likeness (QED) is 0.570. The molecule has 4 nitrogen and oxygen atoms in total. The predicted molar refractivity (Wildman–Crippen MR) is 62.1 cm³/mol. The van der Waals surface area contributed by atoms with Crippen LogP contribution in [0, 0.1) is 12.3 Å². The van der Waals surface area contributed by atoms with Crippen molar-refractivity contribution in [3.63, 3.8) is 0 Å². The van der Waals surface area contributed by atoms with E-state index < -0.39 is 0 Å². The standard InChI is InChI=1S/C12H14N2O2/c1-2-3-4-5-9-13-12(16)10-7-6-8-11(15)14-10/h1,6-8H,3-5,9H2,(H,13,16)(H,14,15). The Morgan fingerprint density at radius 3 is 2.94 bits per heavy atom. The second kappa shape index (κ2) is 6.46. The molecular weight excluding hydrogens is 204 g/mol. The van der Waals surface area contributed by atoms with Gasteiger partial charge in [-0.15, -0.1) is 12.3 Å². The number of terminal acetylenes is 1. The summed E-state index contributed by atoms with van der Waals surface area (Å²) in [5.41, 5.74) is 0.00410. The molecule has 1 aromatic heterocycles. The molecule has 4 heteroatoms. The number of pyridine rings is 1. The summed E-state index contributed by atoms with van der Waals surface area (Å²) in [6.07, 6.45) is 7.55. The number of aromatic amines is 1. The normalized spacial score (nSPS) is 9.44. The van der Waals surface area contributed by atoms with E-state index in [0.717, 1.165) is 19.3 Å². The van der Waals surface area contributed by atoms with Crippen LogP contribution in [-0.4, -0.2) is 17.4 Å². The van der Waals surface area contributed by atoms with Gasteiger partial charge in [0.1, 0.15) is 5.69 Å². The summed E-state index contributed by atoms with van der Waals surface area (Å²) in [6.45, 7) is 0.567. The third-order valence-corrected chi connectivity index (χ3v) is 2.05. The Labute approximate surface area is 94.1 Å². The van der Waals surface area contributed by atoms with Crippen LogP contribution in [0.5, 0.6) is 0 Å². The Balaban J connectivity index is 2.36. The molecule has 0 aliphatic rings. The highest BCUT2D eigenvalue weighted by Gasteiger charge is 2.04. The van der Waals surface area contributed by atoms with Crippen molar-refractivity contribution >= 4 is 5.91 Å². The molecule has 0 fully saturated rings. The second-order valence-corrected chi connectivity index (χ2v) is 3.35. The van der Waals surface area contributed by atoms with Gasteiger partial charge in [-0.25, -0.2) is 0 Å². The summed E-state index contributed by atoms with van der Waals surface area (Å²) in [6, 6.07) is 4.48. The highest BCUT2D eigenvalue weighted by molar-refractivity contribution is 5.92. The monoisotopic (exact) mass is 218 g/mol. The molecule has 0 atom stereocenters. The zero-order valence-corrected chi connectivity index (χ0v) is 8.95. The number of carbonyl (C=O) groups is 1. The van der Waals surface area contributed by atoms with Gasteiger partial charge in [-0.05, 0) is 18.9 Å². The van der Waals surface area contributed by atoms with Gasteiger partial charge in [0.2, 0.25) is 5.56 Å². The topological polar surface area (TPSA) is 62.0 Å². The average Bonchev–Trinajstić information content (AvgIpc) is 2.28. The molecule has 0 spiro atoms.